The van der Waals surface area contributed by atoms with E-state index < -0.39 is 0 Å². The third kappa shape index (κ3) is 2.67. The Labute approximate surface area is 79.3 Å². The molecule has 0 radical (unpaired) electrons. The molecule has 0 saturated carbocycles. The Morgan fingerprint density at radius 1 is 1.54 bits per heavy atom. The summed E-state index contributed by atoms with van der Waals surface area (Å²) in [5.74, 6) is 0.0458. The Hall–Kier alpha value is -0.610. The Morgan fingerprint density at radius 2 is 2.08 bits per heavy atom. The van der Waals surface area contributed by atoms with Crippen molar-refractivity contribution >= 4 is 5.91 Å². The van der Waals surface area contributed by atoms with Gasteiger partial charge in [-0.05, 0) is 38.9 Å². The molecule has 0 bridgehead atoms. The molecular formula is C9H19N3O. The number of likely N-dealkylation sites (tertiary alicyclic amines) is 1. The van der Waals surface area contributed by atoms with Crippen molar-refractivity contribution in [1.29, 1.82) is 0 Å². The molecule has 76 valence electrons. The highest BCUT2D eigenvalue weighted by atomic mass is 16.1. The van der Waals surface area contributed by atoms with Crippen LogP contribution < -0.4 is 11.5 Å². The Morgan fingerprint density at radius 3 is 2.46 bits per heavy atom. The number of carbonyl (C=O) groups is 1. The maximum Gasteiger partial charge on any atom is 0.222 e. The summed E-state index contributed by atoms with van der Waals surface area (Å²) in [6, 6.07) is 0. The number of hydrogen-bond donors (Lipinski definition) is 2. The van der Waals surface area contributed by atoms with Gasteiger partial charge in [0.15, 0.2) is 0 Å². The minimum atomic E-state index is -0.239. The van der Waals surface area contributed by atoms with Gasteiger partial charge in [-0.25, -0.2) is 0 Å². The van der Waals surface area contributed by atoms with Crippen LogP contribution in [0.5, 0.6) is 0 Å². The number of carbonyl (C=O) groups excluding carboxylic acids is 1. The van der Waals surface area contributed by atoms with Gasteiger partial charge in [0.1, 0.15) is 0 Å². The second-order valence-corrected chi connectivity index (χ2v) is 3.89. The lowest BCUT2D eigenvalue weighted by Gasteiger charge is -2.32. The van der Waals surface area contributed by atoms with Gasteiger partial charge in [-0.2, -0.15) is 0 Å². The zero-order valence-electron chi connectivity index (χ0n) is 8.20. The number of rotatable bonds is 3. The second kappa shape index (κ2) is 4.58. The highest BCUT2D eigenvalue weighted by Crippen LogP contribution is 2.23. The van der Waals surface area contributed by atoms with Gasteiger partial charge in [-0.3, -0.25) is 4.79 Å². The van der Waals surface area contributed by atoms with Crippen molar-refractivity contribution in [2.45, 2.75) is 12.8 Å². The Kier molecular flexibility index (Phi) is 3.69. The van der Waals surface area contributed by atoms with Crippen LogP contribution in [0.1, 0.15) is 12.8 Å². The van der Waals surface area contributed by atoms with Gasteiger partial charge in [0.05, 0.1) is 5.92 Å². The highest BCUT2D eigenvalue weighted by Gasteiger charge is 2.27. The summed E-state index contributed by atoms with van der Waals surface area (Å²) < 4.78 is 0. The van der Waals surface area contributed by atoms with Crippen molar-refractivity contribution in [1.82, 2.24) is 4.90 Å². The van der Waals surface area contributed by atoms with Crippen LogP contribution in [0.25, 0.3) is 0 Å². The monoisotopic (exact) mass is 185 g/mol. The van der Waals surface area contributed by atoms with E-state index in [2.05, 4.69) is 11.9 Å². The fourth-order valence-electron chi connectivity index (χ4n) is 1.97. The fraction of sp³-hybridized carbons (Fsp3) is 0.889. The first kappa shape index (κ1) is 10.5. The Balaban J connectivity index is 2.46. The molecule has 1 fully saturated rings. The molecule has 0 aromatic heterocycles. The van der Waals surface area contributed by atoms with Gasteiger partial charge in [-0.1, -0.05) is 0 Å². The van der Waals surface area contributed by atoms with Crippen LogP contribution >= 0.6 is 0 Å². The molecular weight excluding hydrogens is 166 g/mol. The molecule has 1 rings (SSSR count). The van der Waals surface area contributed by atoms with Crippen molar-refractivity contribution in [2.24, 2.45) is 23.3 Å². The normalized spacial score (nSPS) is 22.9. The first-order chi connectivity index (χ1) is 6.15. The van der Waals surface area contributed by atoms with Crippen molar-refractivity contribution in [3.8, 4) is 0 Å². The molecule has 13 heavy (non-hydrogen) atoms. The van der Waals surface area contributed by atoms with E-state index in [1.54, 1.807) is 0 Å². The predicted molar refractivity (Wildman–Crippen MR) is 52.0 cm³/mol. The summed E-state index contributed by atoms with van der Waals surface area (Å²) in [4.78, 5) is 13.3. The first-order valence-electron chi connectivity index (χ1n) is 4.83. The maximum atomic E-state index is 11.0. The molecule has 0 unspecified atom stereocenters. The second-order valence-electron chi connectivity index (χ2n) is 3.89. The number of nitrogens with zero attached hydrogens (tertiary/aromatic N) is 1. The van der Waals surface area contributed by atoms with Crippen LogP contribution in [0.15, 0.2) is 0 Å². The quantitative estimate of drug-likeness (QED) is 0.616. The molecule has 1 heterocycles. The van der Waals surface area contributed by atoms with Crippen LogP contribution in [0, 0.1) is 11.8 Å². The summed E-state index contributed by atoms with van der Waals surface area (Å²) >= 11 is 0. The molecule has 0 aromatic carbocycles. The molecule has 1 atom stereocenters. The summed E-state index contributed by atoms with van der Waals surface area (Å²) in [5.41, 5.74) is 10.8. The number of amides is 1. The number of hydrogen-bond acceptors (Lipinski definition) is 3. The van der Waals surface area contributed by atoms with E-state index >= 15 is 0 Å². The average molecular weight is 185 g/mol. The van der Waals surface area contributed by atoms with E-state index in [1.165, 1.54) is 0 Å². The molecule has 0 aromatic rings. The van der Waals surface area contributed by atoms with Gasteiger partial charge < -0.3 is 16.4 Å². The molecule has 1 amide bonds. The van der Waals surface area contributed by atoms with Crippen molar-refractivity contribution < 1.29 is 4.79 Å². The highest BCUT2D eigenvalue weighted by molar-refractivity contribution is 5.77. The Bertz CT molecular complexity index is 176. The number of nitrogens with two attached hydrogens (primary N) is 2. The third-order valence-corrected chi connectivity index (χ3v) is 2.95. The topological polar surface area (TPSA) is 72.3 Å². The lowest BCUT2D eigenvalue weighted by Crippen LogP contribution is -2.41. The van der Waals surface area contributed by atoms with E-state index in [0.29, 0.717) is 12.5 Å². The fourth-order valence-corrected chi connectivity index (χ4v) is 1.97. The van der Waals surface area contributed by atoms with Crippen LogP contribution in [0.2, 0.25) is 0 Å². The van der Waals surface area contributed by atoms with Crippen molar-refractivity contribution in [2.75, 3.05) is 26.7 Å². The zero-order chi connectivity index (χ0) is 9.84. The number of primary amides is 1. The van der Waals surface area contributed by atoms with Crippen LogP contribution in [-0.4, -0.2) is 37.5 Å². The van der Waals surface area contributed by atoms with E-state index in [9.17, 15) is 4.79 Å². The maximum absolute atomic E-state index is 11.0. The lowest BCUT2D eigenvalue weighted by molar-refractivity contribution is -0.123. The lowest BCUT2D eigenvalue weighted by atomic mass is 9.84. The minimum Gasteiger partial charge on any atom is -0.369 e. The van der Waals surface area contributed by atoms with E-state index in [0.717, 1.165) is 25.9 Å². The van der Waals surface area contributed by atoms with Crippen LogP contribution in [-0.2, 0) is 4.79 Å². The minimum absolute atomic E-state index is 0.117. The van der Waals surface area contributed by atoms with Gasteiger partial charge in [0.2, 0.25) is 5.91 Å². The standard InChI is InChI=1S/C9H19N3O/c1-12-4-2-7(3-5-12)8(6-10)9(11)13/h7-8H,2-6,10H2,1H3,(H2,11,13)/t8-/m0/s1. The molecule has 4 nitrogen and oxygen atoms in total. The van der Waals surface area contributed by atoms with E-state index in [4.69, 9.17) is 11.5 Å². The van der Waals surface area contributed by atoms with Gasteiger partial charge >= 0.3 is 0 Å². The van der Waals surface area contributed by atoms with E-state index in [1.807, 2.05) is 0 Å². The summed E-state index contributed by atoms with van der Waals surface area (Å²) in [6.07, 6.45) is 2.09. The smallest absolute Gasteiger partial charge is 0.222 e. The van der Waals surface area contributed by atoms with Crippen molar-refractivity contribution in [3.63, 3.8) is 0 Å². The molecule has 0 spiro atoms. The van der Waals surface area contributed by atoms with Gasteiger partial charge in [-0.15, -0.1) is 0 Å². The van der Waals surface area contributed by atoms with Gasteiger partial charge in [0, 0.05) is 6.54 Å². The zero-order valence-corrected chi connectivity index (χ0v) is 8.20. The number of piperidine rings is 1. The molecule has 1 saturated heterocycles. The molecule has 0 aliphatic carbocycles. The summed E-state index contributed by atoms with van der Waals surface area (Å²) in [6.45, 7) is 2.49. The molecule has 1 aliphatic heterocycles. The third-order valence-electron chi connectivity index (χ3n) is 2.95. The SMILES string of the molecule is CN1CCC([C@H](CN)C(N)=O)CC1. The first-order valence-corrected chi connectivity index (χ1v) is 4.83. The predicted octanol–water partition coefficient (Wildman–Crippen LogP) is -0.612. The molecule has 4 N–H and O–H groups in total. The summed E-state index contributed by atoms with van der Waals surface area (Å²) in [5, 5.41) is 0. The van der Waals surface area contributed by atoms with Gasteiger partial charge in [0.25, 0.3) is 0 Å². The van der Waals surface area contributed by atoms with Crippen LogP contribution in [0.3, 0.4) is 0 Å². The summed E-state index contributed by atoms with van der Waals surface area (Å²) in [7, 11) is 2.10. The molecule has 4 heteroatoms. The molecule has 1 aliphatic rings. The van der Waals surface area contributed by atoms with E-state index in [-0.39, 0.29) is 11.8 Å². The largest absolute Gasteiger partial charge is 0.369 e. The van der Waals surface area contributed by atoms with Crippen molar-refractivity contribution in [3.05, 3.63) is 0 Å². The van der Waals surface area contributed by atoms with Crippen LogP contribution in [0.4, 0.5) is 0 Å². The average Bonchev–Trinajstić information content (AvgIpc) is 2.09.